The number of anilines is 6. The van der Waals surface area contributed by atoms with Gasteiger partial charge in [0.15, 0.2) is 17.5 Å². The minimum atomic E-state index is -0.154. The fourth-order valence-electron chi connectivity index (χ4n) is 13.3. The van der Waals surface area contributed by atoms with Crippen molar-refractivity contribution in [2.24, 2.45) is 0 Å². The highest BCUT2D eigenvalue weighted by molar-refractivity contribution is 7.00. The lowest BCUT2D eigenvalue weighted by atomic mass is 9.33. The van der Waals surface area contributed by atoms with Crippen molar-refractivity contribution < 1.29 is 0 Å². The maximum Gasteiger partial charge on any atom is 0.252 e. The van der Waals surface area contributed by atoms with E-state index in [4.69, 9.17) is 15.0 Å². The zero-order chi connectivity index (χ0) is 59.0. The molecule has 0 unspecified atom stereocenters. The Balaban J connectivity index is 0.952. The van der Waals surface area contributed by atoms with Crippen LogP contribution < -0.4 is 26.2 Å². The Morgan fingerprint density at radius 1 is 0.352 bits per heavy atom. The molecular formula is C80H56BN7. The fourth-order valence-corrected chi connectivity index (χ4v) is 13.3. The molecule has 12 aromatic carbocycles. The van der Waals surface area contributed by atoms with Crippen LogP contribution in [0.15, 0.2) is 285 Å². The van der Waals surface area contributed by atoms with Crippen LogP contribution in [0.1, 0.15) is 31.9 Å². The fraction of sp³-hybridized carbons (Fsp3) is 0.0500. The van der Waals surface area contributed by atoms with Crippen molar-refractivity contribution in [2.45, 2.75) is 26.2 Å². The molecule has 0 N–H and O–H groups in total. The molecule has 14 aromatic rings. The third-order valence-electron chi connectivity index (χ3n) is 17.6. The lowest BCUT2D eigenvalue weighted by molar-refractivity contribution is 0.591. The first-order chi connectivity index (χ1) is 43.2. The van der Waals surface area contributed by atoms with Gasteiger partial charge in [0.25, 0.3) is 6.71 Å². The Bertz CT molecular complexity index is 4860. The molecular weight excluding hydrogens is 1070 g/mol. The van der Waals surface area contributed by atoms with Gasteiger partial charge < -0.3 is 14.4 Å². The van der Waals surface area contributed by atoms with Crippen molar-refractivity contribution in [3.8, 4) is 79.3 Å². The first kappa shape index (κ1) is 52.2. The van der Waals surface area contributed by atoms with Gasteiger partial charge in [0.1, 0.15) is 0 Å². The van der Waals surface area contributed by atoms with E-state index in [-0.39, 0.29) is 12.1 Å². The van der Waals surface area contributed by atoms with Gasteiger partial charge >= 0.3 is 0 Å². The molecule has 414 valence electrons. The Morgan fingerprint density at radius 3 is 1.31 bits per heavy atom. The molecule has 0 bridgehead atoms. The molecule has 0 fully saturated rings. The molecule has 16 rings (SSSR count). The van der Waals surface area contributed by atoms with Crippen LogP contribution in [0.5, 0.6) is 0 Å². The molecule has 0 saturated carbocycles. The second-order valence-corrected chi connectivity index (χ2v) is 23.9. The molecule has 88 heavy (non-hydrogen) atoms. The van der Waals surface area contributed by atoms with Crippen LogP contribution in [0.25, 0.3) is 95.0 Å². The van der Waals surface area contributed by atoms with Crippen molar-refractivity contribution in [3.05, 3.63) is 296 Å². The molecule has 0 aliphatic carbocycles. The third-order valence-corrected chi connectivity index (χ3v) is 17.6. The Morgan fingerprint density at radius 2 is 0.807 bits per heavy atom. The Hall–Kier alpha value is -11.4. The average molecular weight is 1130 g/mol. The predicted octanol–water partition coefficient (Wildman–Crippen LogP) is 18.2. The zero-order valence-electron chi connectivity index (χ0n) is 48.8. The molecule has 4 heterocycles. The smallest absolute Gasteiger partial charge is 0.252 e. The minimum Gasteiger partial charge on any atom is -0.311 e. The number of hydrogen-bond acceptors (Lipinski definition) is 6. The van der Waals surface area contributed by atoms with Gasteiger partial charge in [-0.3, -0.25) is 0 Å². The van der Waals surface area contributed by atoms with E-state index in [1.165, 1.54) is 44.2 Å². The van der Waals surface area contributed by atoms with Gasteiger partial charge in [-0.1, -0.05) is 221 Å². The molecule has 2 aliphatic heterocycles. The van der Waals surface area contributed by atoms with E-state index in [1.807, 2.05) is 72.8 Å². The highest BCUT2D eigenvalue weighted by atomic mass is 15.2. The summed E-state index contributed by atoms with van der Waals surface area (Å²) in [7, 11) is 0. The standard InChI is InChI=1S/C80H56BN7/c1-80(2,3)61-38-39-64-65-45-57(35-41-69(65)88(73(64)50-61)70-40-34-52(51-82)44-66(70)79-84-77(55-26-14-6-15-27-55)83-78(85-79)56-28-16-7-17-29-56)60-48-74-76-75(49-60)87(63-32-20-9-21-33-63)72-43-37-59(54-24-12-5-13-25-54)47-68(72)81(76)67-46-58(53-22-10-4-11-23-53)36-42-71(67)86(74)62-30-18-8-19-31-62/h4-50H,1-3H3. The minimum absolute atomic E-state index is 0.118. The summed E-state index contributed by atoms with van der Waals surface area (Å²) in [5.41, 5.74) is 24.3. The van der Waals surface area contributed by atoms with Gasteiger partial charge in [-0.25, -0.2) is 15.0 Å². The molecule has 2 aliphatic rings. The topological polar surface area (TPSA) is 73.9 Å². The van der Waals surface area contributed by atoms with Gasteiger partial charge in [0, 0.05) is 61.6 Å². The highest BCUT2D eigenvalue weighted by Gasteiger charge is 2.44. The van der Waals surface area contributed by atoms with Crippen LogP contribution >= 0.6 is 0 Å². The molecule has 0 saturated heterocycles. The van der Waals surface area contributed by atoms with Crippen molar-refractivity contribution >= 4 is 79.0 Å². The molecule has 0 atom stereocenters. The van der Waals surface area contributed by atoms with E-state index in [1.54, 1.807) is 0 Å². The largest absolute Gasteiger partial charge is 0.311 e. The molecule has 7 nitrogen and oxygen atoms in total. The molecule has 0 spiro atoms. The summed E-state index contributed by atoms with van der Waals surface area (Å²) in [5.74, 6) is 1.57. The van der Waals surface area contributed by atoms with Crippen LogP contribution in [0.2, 0.25) is 0 Å². The van der Waals surface area contributed by atoms with E-state index in [9.17, 15) is 5.26 Å². The number of nitrogens with zero attached hydrogens (tertiary/aromatic N) is 7. The van der Waals surface area contributed by atoms with E-state index in [0.717, 1.165) is 89.4 Å². The molecule has 2 aromatic heterocycles. The monoisotopic (exact) mass is 1130 g/mol. The van der Waals surface area contributed by atoms with E-state index >= 15 is 0 Å². The third kappa shape index (κ3) is 8.86. The van der Waals surface area contributed by atoms with Crippen LogP contribution in [0, 0.1) is 11.3 Å². The number of aromatic nitrogens is 4. The quantitative estimate of drug-likeness (QED) is 0.134. The van der Waals surface area contributed by atoms with Crippen LogP contribution in [-0.2, 0) is 5.41 Å². The summed E-state index contributed by atoms with van der Waals surface area (Å²) < 4.78 is 2.35. The van der Waals surface area contributed by atoms with Crippen LogP contribution in [-0.4, -0.2) is 26.2 Å². The highest BCUT2D eigenvalue weighted by Crippen LogP contribution is 2.48. The number of benzene rings is 12. The normalized spacial score (nSPS) is 12.4. The Labute approximate surface area is 512 Å². The summed E-state index contributed by atoms with van der Waals surface area (Å²) in [5, 5.41) is 12.8. The van der Waals surface area contributed by atoms with Crippen molar-refractivity contribution in [3.63, 3.8) is 0 Å². The van der Waals surface area contributed by atoms with E-state index < -0.39 is 0 Å². The average Bonchev–Trinajstić information content (AvgIpc) is 0.749. The first-order valence-electron chi connectivity index (χ1n) is 30.0. The molecule has 8 heteroatoms. The lowest BCUT2D eigenvalue weighted by Gasteiger charge is -2.44. The predicted molar refractivity (Wildman–Crippen MR) is 364 cm³/mol. The number of nitriles is 1. The number of para-hydroxylation sites is 2. The van der Waals surface area contributed by atoms with E-state index in [0.29, 0.717) is 23.0 Å². The van der Waals surface area contributed by atoms with Crippen molar-refractivity contribution in [2.75, 3.05) is 9.80 Å². The van der Waals surface area contributed by atoms with Gasteiger partial charge in [0.05, 0.1) is 28.4 Å². The second-order valence-electron chi connectivity index (χ2n) is 23.9. The maximum absolute atomic E-state index is 10.6. The van der Waals surface area contributed by atoms with Gasteiger partial charge in [-0.05, 0) is 146 Å². The number of rotatable bonds is 9. The van der Waals surface area contributed by atoms with Crippen molar-refractivity contribution in [1.29, 1.82) is 5.26 Å². The Kier molecular flexibility index (Phi) is 12.4. The zero-order valence-corrected chi connectivity index (χ0v) is 48.8. The maximum atomic E-state index is 10.6. The summed E-state index contributed by atoms with van der Waals surface area (Å²) in [6, 6.07) is 105. The van der Waals surface area contributed by atoms with Gasteiger partial charge in [0.2, 0.25) is 0 Å². The summed E-state index contributed by atoms with van der Waals surface area (Å²) in [4.78, 5) is 20.5. The van der Waals surface area contributed by atoms with Crippen LogP contribution in [0.3, 0.4) is 0 Å². The number of fused-ring (bicyclic) bond motifs is 7. The van der Waals surface area contributed by atoms with Gasteiger partial charge in [-0.2, -0.15) is 5.26 Å². The molecule has 0 amide bonds. The second kappa shape index (κ2) is 21.0. The first-order valence-corrected chi connectivity index (χ1v) is 30.0. The van der Waals surface area contributed by atoms with Crippen LogP contribution in [0.4, 0.5) is 34.1 Å². The summed E-state index contributed by atoms with van der Waals surface area (Å²) in [6.45, 7) is 6.67. The lowest BCUT2D eigenvalue weighted by Crippen LogP contribution is -2.61. The SMILES string of the molecule is CC(C)(C)c1ccc2c3cc(-c4cc5c6c(c4)N(c4ccccc4)c4ccc(-c7ccccc7)cc4B6c4cc(-c6ccccc6)ccc4N5c4ccccc4)ccc3n(-c3ccc(C#N)cc3-c3nc(-c4ccccc4)nc(-c4ccccc4)n3)c2c1. The summed E-state index contributed by atoms with van der Waals surface area (Å²) in [6.07, 6.45) is 0. The summed E-state index contributed by atoms with van der Waals surface area (Å²) >= 11 is 0. The number of hydrogen-bond donors (Lipinski definition) is 0. The van der Waals surface area contributed by atoms with Gasteiger partial charge in [-0.15, -0.1) is 0 Å². The molecule has 0 radical (unpaired) electrons. The van der Waals surface area contributed by atoms with Crippen molar-refractivity contribution in [1.82, 2.24) is 19.5 Å². The van der Waals surface area contributed by atoms with E-state index in [2.05, 4.69) is 254 Å².